The van der Waals surface area contributed by atoms with Gasteiger partial charge in [0.25, 0.3) is 0 Å². The smallest absolute Gasteiger partial charge is 0.319 e. The molecule has 1 atom stereocenters. The number of nitrogens with one attached hydrogen (secondary N) is 2. The number of benzene rings is 1. The lowest BCUT2D eigenvalue weighted by molar-refractivity contribution is 0.248. The average molecular weight is 338 g/mol. The fourth-order valence-electron chi connectivity index (χ4n) is 3.29. The summed E-state index contributed by atoms with van der Waals surface area (Å²) in [6, 6.07) is 13.7. The number of rotatable bonds is 6. The zero-order valence-corrected chi connectivity index (χ0v) is 14.7. The summed E-state index contributed by atoms with van der Waals surface area (Å²) in [5.41, 5.74) is 1.90. The van der Waals surface area contributed by atoms with E-state index >= 15 is 0 Å². The van der Waals surface area contributed by atoms with Crippen LogP contribution in [0.15, 0.2) is 48.7 Å². The number of pyridine rings is 1. The van der Waals surface area contributed by atoms with E-state index in [0.717, 1.165) is 43.0 Å². The van der Waals surface area contributed by atoms with Crippen LogP contribution >= 0.6 is 0 Å². The first kappa shape index (κ1) is 17.3. The molecule has 1 aliphatic rings. The van der Waals surface area contributed by atoms with Crippen molar-refractivity contribution in [3.05, 3.63) is 54.2 Å². The first-order chi connectivity index (χ1) is 12.3. The van der Waals surface area contributed by atoms with Crippen molar-refractivity contribution in [1.29, 1.82) is 0 Å². The van der Waals surface area contributed by atoms with Crippen molar-refractivity contribution in [3.8, 4) is 0 Å². The van der Waals surface area contributed by atoms with Crippen molar-refractivity contribution in [2.24, 2.45) is 0 Å². The second-order valence-corrected chi connectivity index (χ2v) is 6.42. The summed E-state index contributed by atoms with van der Waals surface area (Å²) >= 11 is 0. The van der Waals surface area contributed by atoms with Gasteiger partial charge >= 0.3 is 6.03 Å². The molecule has 1 aliphatic heterocycles. The maximum absolute atomic E-state index is 12.6. The molecule has 25 heavy (non-hydrogen) atoms. The summed E-state index contributed by atoms with van der Waals surface area (Å²) in [6.45, 7) is 4.12. The lowest BCUT2D eigenvalue weighted by Gasteiger charge is -2.22. The fourth-order valence-corrected chi connectivity index (χ4v) is 3.29. The molecule has 1 unspecified atom stereocenters. The SMILES string of the molecule is CCCC(NC(=O)Nc1cccnc1N1CCCC1)c1ccccc1. The van der Waals surface area contributed by atoms with Crippen LogP contribution in [0, 0.1) is 0 Å². The van der Waals surface area contributed by atoms with Gasteiger partial charge in [-0.2, -0.15) is 0 Å². The molecule has 0 aliphatic carbocycles. The highest BCUT2D eigenvalue weighted by Crippen LogP contribution is 2.26. The zero-order valence-electron chi connectivity index (χ0n) is 14.7. The molecule has 2 heterocycles. The lowest BCUT2D eigenvalue weighted by atomic mass is 10.0. The van der Waals surface area contributed by atoms with Crippen LogP contribution in [0.4, 0.5) is 16.3 Å². The molecule has 1 fully saturated rings. The van der Waals surface area contributed by atoms with Crippen LogP contribution in [-0.4, -0.2) is 24.1 Å². The van der Waals surface area contributed by atoms with Gasteiger partial charge in [0, 0.05) is 19.3 Å². The third-order valence-corrected chi connectivity index (χ3v) is 4.53. The number of anilines is 2. The Morgan fingerprint density at radius 2 is 1.92 bits per heavy atom. The quantitative estimate of drug-likeness (QED) is 0.823. The highest BCUT2D eigenvalue weighted by Gasteiger charge is 2.19. The van der Waals surface area contributed by atoms with Crippen LogP contribution in [0.3, 0.4) is 0 Å². The molecule has 2 aromatic rings. The third-order valence-electron chi connectivity index (χ3n) is 4.53. The minimum absolute atomic E-state index is 0.0121. The number of nitrogens with zero attached hydrogens (tertiary/aromatic N) is 2. The van der Waals surface area contributed by atoms with Gasteiger partial charge in [-0.1, -0.05) is 43.7 Å². The highest BCUT2D eigenvalue weighted by atomic mass is 16.2. The van der Waals surface area contributed by atoms with Gasteiger partial charge in [0.1, 0.15) is 0 Å². The van der Waals surface area contributed by atoms with Gasteiger partial charge in [-0.3, -0.25) is 0 Å². The molecule has 1 saturated heterocycles. The molecule has 3 rings (SSSR count). The molecule has 1 aromatic carbocycles. The number of aromatic nitrogens is 1. The number of urea groups is 1. The van der Waals surface area contributed by atoms with Crippen LogP contribution in [0.2, 0.25) is 0 Å². The monoisotopic (exact) mass is 338 g/mol. The Balaban J connectivity index is 1.69. The molecule has 2 amide bonds. The summed E-state index contributed by atoms with van der Waals surface area (Å²) in [5, 5.41) is 6.10. The predicted octanol–water partition coefficient (Wildman–Crippen LogP) is 4.34. The fraction of sp³-hybridized carbons (Fsp3) is 0.400. The molecule has 1 aromatic heterocycles. The topological polar surface area (TPSA) is 57.3 Å². The van der Waals surface area contributed by atoms with Crippen molar-refractivity contribution in [1.82, 2.24) is 10.3 Å². The average Bonchev–Trinajstić information content (AvgIpc) is 3.17. The Hall–Kier alpha value is -2.56. The molecule has 0 spiro atoms. The van der Waals surface area contributed by atoms with E-state index in [1.54, 1.807) is 6.20 Å². The van der Waals surface area contributed by atoms with Crippen molar-refractivity contribution >= 4 is 17.5 Å². The Labute approximate surface area is 149 Å². The molecular weight excluding hydrogens is 312 g/mol. The number of carbonyl (C=O) groups is 1. The number of amides is 2. The molecule has 2 N–H and O–H groups in total. The number of carbonyl (C=O) groups excluding carboxylic acids is 1. The molecule has 0 saturated carbocycles. The van der Waals surface area contributed by atoms with Crippen LogP contribution < -0.4 is 15.5 Å². The standard InChI is InChI=1S/C20H26N4O/c1-2-9-17(16-10-4-3-5-11-16)22-20(25)23-18-12-8-13-21-19(18)24-14-6-7-15-24/h3-5,8,10-13,17H,2,6-7,9,14-15H2,1H3,(H2,22,23,25). The van der Waals surface area contributed by atoms with Gasteiger partial charge in [0.15, 0.2) is 5.82 Å². The first-order valence-electron chi connectivity index (χ1n) is 9.10. The van der Waals surface area contributed by atoms with Gasteiger partial charge in [0.2, 0.25) is 0 Å². The molecule has 132 valence electrons. The summed E-state index contributed by atoms with van der Waals surface area (Å²) in [6.07, 6.45) is 6.04. The minimum Gasteiger partial charge on any atom is -0.355 e. The second-order valence-electron chi connectivity index (χ2n) is 6.42. The third kappa shape index (κ3) is 4.50. The Morgan fingerprint density at radius 1 is 1.16 bits per heavy atom. The summed E-state index contributed by atoms with van der Waals surface area (Å²) in [4.78, 5) is 19.3. The van der Waals surface area contributed by atoms with Crippen molar-refractivity contribution in [3.63, 3.8) is 0 Å². The van der Waals surface area contributed by atoms with E-state index < -0.39 is 0 Å². The second kappa shape index (κ2) is 8.51. The van der Waals surface area contributed by atoms with Crippen LogP contribution in [0.5, 0.6) is 0 Å². The van der Waals surface area contributed by atoms with E-state index in [1.807, 2.05) is 30.3 Å². The summed E-state index contributed by atoms with van der Waals surface area (Å²) in [7, 11) is 0. The molecule has 5 heteroatoms. The summed E-state index contributed by atoms with van der Waals surface area (Å²) in [5.74, 6) is 0.863. The predicted molar refractivity (Wildman–Crippen MR) is 102 cm³/mol. The molecular formula is C20H26N4O. The van der Waals surface area contributed by atoms with Crippen molar-refractivity contribution in [2.75, 3.05) is 23.3 Å². The van der Waals surface area contributed by atoms with E-state index in [4.69, 9.17) is 0 Å². The van der Waals surface area contributed by atoms with Gasteiger partial charge in [-0.25, -0.2) is 9.78 Å². The molecule has 0 bridgehead atoms. The molecule has 5 nitrogen and oxygen atoms in total. The maximum atomic E-state index is 12.6. The van der Waals surface area contributed by atoms with Gasteiger partial charge in [-0.05, 0) is 37.0 Å². The largest absolute Gasteiger partial charge is 0.355 e. The van der Waals surface area contributed by atoms with Crippen molar-refractivity contribution < 1.29 is 4.79 Å². The Morgan fingerprint density at radius 3 is 2.64 bits per heavy atom. The van der Waals surface area contributed by atoms with E-state index in [2.05, 4.69) is 39.6 Å². The van der Waals surface area contributed by atoms with Gasteiger partial charge < -0.3 is 15.5 Å². The van der Waals surface area contributed by atoms with Crippen LogP contribution in [0.1, 0.15) is 44.2 Å². The Bertz CT molecular complexity index is 683. The maximum Gasteiger partial charge on any atom is 0.319 e. The van der Waals surface area contributed by atoms with Gasteiger partial charge in [0.05, 0.1) is 11.7 Å². The number of hydrogen-bond donors (Lipinski definition) is 2. The van der Waals surface area contributed by atoms with E-state index in [0.29, 0.717) is 0 Å². The Kier molecular flexibility index (Phi) is 5.88. The van der Waals surface area contributed by atoms with Crippen molar-refractivity contribution in [2.45, 2.75) is 38.6 Å². The van der Waals surface area contributed by atoms with Gasteiger partial charge in [-0.15, -0.1) is 0 Å². The summed E-state index contributed by atoms with van der Waals surface area (Å²) < 4.78 is 0. The lowest BCUT2D eigenvalue weighted by Crippen LogP contribution is -2.33. The van der Waals surface area contributed by atoms with Crippen LogP contribution in [-0.2, 0) is 0 Å². The minimum atomic E-state index is -0.184. The van der Waals surface area contributed by atoms with E-state index in [-0.39, 0.29) is 12.1 Å². The zero-order chi connectivity index (χ0) is 17.5. The highest BCUT2D eigenvalue weighted by molar-refractivity contribution is 5.92. The number of hydrogen-bond acceptors (Lipinski definition) is 3. The molecule has 0 radical (unpaired) electrons. The normalized spacial score (nSPS) is 15.0. The van der Waals surface area contributed by atoms with Crippen LogP contribution in [0.25, 0.3) is 0 Å². The first-order valence-corrected chi connectivity index (χ1v) is 9.10. The van der Waals surface area contributed by atoms with E-state index in [9.17, 15) is 4.79 Å². The van der Waals surface area contributed by atoms with E-state index in [1.165, 1.54) is 12.8 Å².